The third-order valence-corrected chi connectivity index (χ3v) is 4.52. The Labute approximate surface area is 153 Å². The summed E-state index contributed by atoms with van der Waals surface area (Å²) in [6, 6.07) is 13.3. The Hall–Kier alpha value is -2.62. The Morgan fingerprint density at radius 3 is 2.69 bits per heavy atom. The molecule has 2 aromatic rings. The second-order valence-corrected chi connectivity index (χ2v) is 6.43. The maximum absolute atomic E-state index is 12.6. The van der Waals surface area contributed by atoms with E-state index in [0.29, 0.717) is 30.2 Å². The van der Waals surface area contributed by atoms with Crippen LogP contribution in [0.2, 0.25) is 0 Å². The number of nitriles is 1. The van der Waals surface area contributed by atoms with Gasteiger partial charge in [-0.1, -0.05) is 12.1 Å². The molecule has 0 N–H and O–H groups in total. The van der Waals surface area contributed by atoms with E-state index in [0.717, 1.165) is 32.6 Å². The summed E-state index contributed by atoms with van der Waals surface area (Å²) in [5.74, 6) is 0.971. The van der Waals surface area contributed by atoms with E-state index in [-0.39, 0.29) is 5.91 Å². The summed E-state index contributed by atoms with van der Waals surface area (Å²) in [6.07, 6.45) is 0.924. The summed E-state index contributed by atoms with van der Waals surface area (Å²) in [5, 5.41) is 8.88. The smallest absolute Gasteiger partial charge is 0.289 e. The molecular formula is C20H23N3O3. The van der Waals surface area contributed by atoms with Gasteiger partial charge in [0.2, 0.25) is 0 Å². The van der Waals surface area contributed by atoms with E-state index < -0.39 is 0 Å². The molecule has 0 bridgehead atoms. The molecule has 1 fully saturated rings. The zero-order chi connectivity index (χ0) is 18.4. The molecule has 0 radical (unpaired) electrons. The van der Waals surface area contributed by atoms with Crippen LogP contribution in [0.4, 0.5) is 0 Å². The molecule has 1 aliphatic rings. The lowest BCUT2D eigenvalue weighted by molar-refractivity contribution is 0.0721. The minimum absolute atomic E-state index is 0.0624. The molecule has 0 aliphatic carbocycles. The van der Waals surface area contributed by atoms with Crippen LogP contribution in [-0.2, 0) is 17.9 Å². The molecule has 0 spiro atoms. The molecule has 1 saturated heterocycles. The molecular weight excluding hydrogens is 330 g/mol. The molecule has 1 aromatic carbocycles. The first-order valence-electron chi connectivity index (χ1n) is 8.78. The van der Waals surface area contributed by atoms with Gasteiger partial charge in [-0.25, -0.2) is 0 Å². The largest absolute Gasteiger partial charge is 0.453 e. The number of amides is 1. The highest BCUT2D eigenvalue weighted by Crippen LogP contribution is 2.15. The van der Waals surface area contributed by atoms with Crippen molar-refractivity contribution in [3.05, 3.63) is 59.0 Å². The van der Waals surface area contributed by atoms with Gasteiger partial charge in [0.05, 0.1) is 11.6 Å². The van der Waals surface area contributed by atoms with Gasteiger partial charge in [-0.15, -0.1) is 0 Å². The van der Waals surface area contributed by atoms with Crippen LogP contribution in [0, 0.1) is 11.3 Å². The molecule has 1 aromatic heterocycles. The lowest BCUT2D eigenvalue weighted by Crippen LogP contribution is -2.34. The van der Waals surface area contributed by atoms with E-state index in [1.165, 1.54) is 5.56 Å². The van der Waals surface area contributed by atoms with E-state index in [9.17, 15) is 4.79 Å². The quantitative estimate of drug-likeness (QED) is 0.826. The van der Waals surface area contributed by atoms with Gasteiger partial charge in [0, 0.05) is 39.8 Å². The van der Waals surface area contributed by atoms with Crippen molar-refractivity contribution in [2.24, 2.45) is 0 Å². The standard InChI is InChI=1S/C20H23N3O3/c1-25-15-18-7-8-19(26-18)20(24)23-10-2-9-22(11-12-23)14-17-5-3-16(13-21)4-6-17/h3-8H,2,9-12,14-15H2,1H3. The fraction of sp³-hybridized carbons (Fsp3) is 0.400. The highest BCUT2D eigenvalue weighted by molar-refractivity contribution is 5.91. The number of benzene rings is 1. The van der Waals surface area contributed by atoms with Gasteiger partial charge in [0.1, 0.15) is 12.4 Å². The number of ether oxygens (including phenoxy) is 1. The Balaban J connectivity index is 1.56. The molecule has 6 heteroatoms. The molecule has 1 aliphatic heterocycles. The topological polar surface area (TPSA) is 69.7 Å². The van der Waals surface area contributed by atoms with Gasteiger partial charge in [0.15, 0.2) is 5.76 Å². The zero-order valence-corrected chi connectivity index (χ0v) is 15.0. The van der Waals surface area contributed by atoms with Crippen LogP contribution >= 0.6 is 0 Å². The first-order valence-corrected chi connectivity index (χ1v) is 8.78. The molecule has 3 rings (SSSR count). The summed E-state index contributed by atoms with van der Waals surface area (Å²) in [7, 11) is 1.60. The first kappa shape index (κ1) is 18.2. The van der Waals surface area contributed by atoms with Gasteiger partial charge >= 0.3 is 0 Å². The Morgan fingerprint density at radius 2 is 1.96 bits per heavy atom. The van der Waals surface area contributed by atoms with Gasteiger partial charge in [-0.3, -0.25) is 9.69 Å². The van der Waals surface area contributed by atoms with Gasteiger partial charge in [-0.05, 0) is 36.2 Å². The van der Waals surface area contributed by atoms with Crippen molar-refractivity contribution in [3.8, 4) is 6.07 Å². The molecule has 0 atom stereocenters. The number of hydrogen-bond acceptors (Lipinski definition) is 5. The molecule has 136 valence electrons. The van der Waals surface area contributed by atoms with Crippen LogP contribution in [0.3, 0.4) is 0 Å². The van der Waals surface area contributed by atoms with E-state index in [2.05, 4.69) is 11.0 Å². The minimum atomic E-state index is -0.0624. The van der Waals surface area contributed by atoms with Crippen molar-refractivity contribution >= 4 is 5.91 Å². The summed E-state index contributed by atoms with van der Waals surface area (Å²) < 4.78 is 10.6. The number of furan rings is 1. The van der Waals surface area contributed by atoms with Crippen molar-refractivity contribution in [1.82, 2.24) is 9.80 Å². The highest BCUT2D eigenvalue weighted by Gasteiger charge is 2.22. The molecule has 0 unspecified atom stereocenters. The highest BCUT2D eigenvalue weighted by atomic mass is 16.5. The second-order valence-electron chi connectivity index (χ2n) is 6.43. The predicted molar refractivity (Wildman–Crippen MR) is 96.4 cm³/mol. The van der Waals surface area contributed by atoms with Crippen LogP contribution in [0.1, 0.15) is 33.9 Å². The van der Waals surface area contributed by atoms with Crippen LogP contribution in [0.25, 0.3) is 0 Å². The lowest BCUT2D eigenvalue weighted by atomic mass is 10.1. The number of nitrogens with zero attached hydrogens (tertiary/aromatic N) is 3. The number of carbonyl (C=O) groups excluding carboxylic acids is 1. The van der Waals surface area contributed by atoms with Crippen molar-refractivity contribution in [2.45, 2.75) is 19.6 Å². The van der Waals surface area contributed by atoms with E-state index in [1.54, 1.807) is 19.2 Å². The maximum atomic E-state index is 12.6. The summed E-state index contributed by atoms with van der Waals surface area (Å²) in [6.45, 7) is 4.35. The van der Waals surface area contributed by atoms with Gasteiger partial charge in [0.25, 0.3) is 5.91 Å². The monoisotopic (exact) mass is 353 g/mol. The van der Waals surface area contributed by atoms with Gasteiger partial charge in [-0.2, -0.15) is 5.26 Å². The number of methoxy groups -OCH3 is 1. The Morgan fingerprint density at radius 1 is 1.15 bits per heavy atom. The second kappa shape index (κ2) is 8.65. The fourth-order valence-electron chi connectivity index (χ4n) is 3.14. The average Bonchev–Trinajstić information content (AvgIpc) is 3.00. The maximum Gasteiger partial charge on any atom is 0.289 e. The van der Waals surface area contributed by atoms with Crippen LogP contribution < -0.4 is 0 Å². The Kier molecular flexibility index (Phi) is 6.05. The third-order valence-electron chi connectivity index (χ3n) is 4.52. The Bertz CT molecular complexity index is 776. The number of carbonyl (C=O) groups is 1. The van der Waals surface area contributed by atoms with Crippen molar-refractivity contribution in [2.75, 3.05) is 33.3 Å². The average molecular weight is 353 g/mol. The van der Waals surface area contributed by atoms with Crippen LogP contribution in [0.15, 0.2) is 40.8 Å². The summed E-state index contributed by atoms with van der Waals surface area (Å²) in [4.78, 5) is 16.8. The molecule has 6 nitrogen and oxygen atoms in total. The van der Waals surface area contributed by atoms with Crippen LogP contribution in [0.5, 0.6) is 0 Å². The van der Waals surface area contributed by atoms with E-state index in [4.69, 9.17) is 14.4 Å². The number of hydrogen-bond donors (Lipinski definition) is 0. The van der Waals surface area contributed by atoms with Gasteiger partial charge < -0.3 is 14.1 Å². The molecule has 26 heavy (non-hydrogen) atoms. The first-order chi connectivity index (χ1) is 12.7. The third kappa shape index (κ3) is 4.51. The molecule has 2 heterocycles. The summed E-state index contributed by atoms with van der Waals surface area (Å²) >= 11 is 0. The SMILES string of the molecule is COCc1ccc(C(=O)N2CCCN(Cc3ccc(C#N)cc3)CC2)o1. The number of rotatable bonds is 5. The van der Waals surface area contributed by atoms with Crippen LogP contribution in [-0.4, -0.2) is 49.0 Å². The lowest BCUT2D eigenvalue weighted by Gasteiger charge is -2.21. The summed E-state index contributed by atoms with van der Waals surface area (Å²) in [5.41, 5.74) is 1.85. The van der Waals surface area contributed by atoms with Crippen molar-refractivity contribution in [3.63, 3.8) is 0 Å². The van der Waals surface area contributed by atoms with Crippen molar-refractivity contribution in [1.29, 1.82) is 5.26 Å². The van der Waals surface area contributed by atoms with E-state index in [1.807, 2.05) is 29.2 Å². The zero-order valence-electron chi connectivity index (χ0n) is 15.0. The molecule has 1 amide bonds. The molecule has 0 saturated carbocycles. The predicted octanol–water partition coefficient (Wildman–Crippen LogP) is 2.65. The van der Waals surface area contributed by atoms with Crippen molar-refractivity contribution < 1.29 is 13.9 Å². The fourth-order valence-corrected chi connectivity index (χ4v) is 3.14. The minimum Gasteiger partial charge on any atom is -0.453 e. The normalized spacial score (nSPS) is 15.5. The van der Waals surface area contributed by atoms with E-state index >= 15 is 0 Å².